The molecule has 0 aliphatic carbocycles. The SMILES string of the molecule is O=C(Nc1ccn(Cc2c(F)cccc2Cl)n1)c1cn(-c2ccccc2)nc1-c1ccccc1. The fourth-order valence-electron chi connectivity index (χ4n) is 3.61. The molecule has 6 nitrogen and oxygen atoms in total. The van der Waals surface area contributed by atoms with E-state index in [1.165, 1.54) is 10.7 Å². The predicted octanol–water partition coefficient (Wildman–Crippen LogP) is 5.83. The van der Waals surface area contributed by atoms with Gasteiger partial charge in [0.1, 0.15) is 11.5 Å². The Bertz CT molecular complexity index is 1430. The van der Waals surface area contributed by atoms with Crippen molar-refractivity contribution in [1.29, 1.82) is 0 Å². The number of nitrogens with zero attached hydrogens (tertiary/aromatic N) is 4. The van der Waals surface area contributed by atoms with Gasteiger partial charge in [-0.1, -0.05) is 66.2 Å². The molecule has 2 heterocycles. The third kappa shape index (κ3) is 4.46. The van der Waals surface area contributed by atoms with E-state index in [0.29, 0.717) is 27.7 Å². The van der Waals surface area contributed by atoms with Crippen LogP contribution in [0.1, 0.15) is 15.9 Å². The molecule has 0 fully saturated rings. The molecular formula is C26H19ClFN5O. The summed E-state index contributed by atoms with van der Waals surface area (Å²) in [7, 11) is 0. The molecule has 0 radical (unpaired) electrons. The van der Waals surface area contributed by atoms with Crippen molar-refractivity contribution in [2.24, 2.45) is 0 Å². The zero-order valence-corrected chi connectivity index (χ0v) is 18.7. The average molecular weight is 472 g/mol. The lowest BCUT2D eigenvalue weighted by Crippen LogP contribution is -2.13. The van der Waals surface area contributed by atoms with E-state index >= 15 is 0 Å². The molecule has 1 amide bonds. The van der Waals surface area contributed by atoms with Gasteiger partial charge in [0.25, 0.3) is 5.91 Å². The quantitative estimate of drug-likeness (QED) is 0.339. The van der Waals surface area contributed by atoms with E-state index in [1.54, 1.807) is 35.3 Å². The van der Waals surface area contributed by atoms with Crippen molar-refractivity contribution in [1.82, 2.24) is 19.6 Å². The highest BCUT2D eigenvalue weighted by Gasteiger charge is 2.19. The van der Waals surface area contributed by atoms with Crippen molar-refractivity contribution >= 4 is 23.3 Å². The van der Waals surface area contributed by atoms with E-state index in [0.717, 1.165) is 11.3 Å². The molecule has 3 aromatic carbocycles. The van der Waals surface area contributed by atoms with Crippen molar-refractivity contribution in [2.75, 3.05) is 5.32 Å². The lowest BCUT2D eigenvalue weighted by atomic mass is 10.1. The minimum atomic E-state index is -0.408. The first kappa shape index (κ1) is 21.6. The summed E-state index contributed by atoms with van der Waals surface area (Å²) in [4.78, 5) is 13.2. The Morgan fingerprint density at radius 2 is 1.65 bits per heavy atom. The third-order valence-corrected chi connectivity index (χ3v) is 5.64. The average Bonchev–Trinajstić information content (AvgIpc) is 3.50. The van der Waals surface area contributed by atoms with Crippen molar-refractivity contribution in [2.45, 2.75) is 6.54 Å². The number of aromatic nitrogens is 4. The summed E-state index contributed by atoms with van der Waals surface area (Å²) in [5.41, 5.74) is 2.95. The number of benzene rings is 3. The summed E-state index contributed by atoms with van der Waals surface area (Å²) >= 11 is 6.12. The number of nitrogens with one attached hydrogen (secondary N) is 1. The molecular weight excluding hydrogens is 453 g/mol. The smallest absolute Gasteiger partial charge is 0.260 e. The van der Waals surface area contributed by atoms with E-state index in [4.69, 9.17) is 11.6 Å². The molecule has 5 rings (SSSR count). The Labute approximate surface area is 200 Å². The zero-order valence-electron chi connectivity index (χ0n) is 17.9. The number of halogens is 2. The minimum Gasteiger partial charge on any atom is -0.305 e. The van der Waals surface area contributed by atoms with Gasteiger partial charge >= 0.3 is 0 Å². The van der Waals surface area contributed by atoms with Crippen molar-refractivity contribution in [3.05, 3.63) is 119 Å². The monoisotopic (exact) mass is 471 g/mol. The van der Waals surface area contributed by atoms with Crippen LogP contribution in [0.2, 0.25) is 5.02 Å². The van der Waals surface area contributed by atoms with Gasteiger partial charge in [0.05, 0.1) is 17.8 Å². The highest BCUT2D eigenvalue weighted by molar-refractivity contribution is 6.31. The normalized spacial score (nSPS) is 10.9. The minimum absolute atomic E-state index is 0.141. The van der Waals surface area contributed by atoms with Crippen LogP contribution in [0.3, 0.4) is 0 Å². The molecule has 34 heavy (non-hydrogen) atoms. The molecule has 0 aliphatic heterocycles. The summed E-state index contributed by atoms with van der Waals surface area (Å²) in [6.45, 7) is 0.141. The molecule has 5 aromatic rings. The van der Waals surface area contributed by atoms with Crippen LogP contribution in [-0.2, 0) is 6.54 Å². The fourth-order valence-corrected chi connectivity index (χ4v) is 3.83. The second-order valence-corrected chi connectivity index (χ2v) is 8.00. The summed E-state index contributed by atoms with van der Waals surface area (Å²) in [5, 5.41) is 12.2. The number of hydrogen-bond acceptors (Lipinski definition) is 3. The second-order valence-electron chi connectivity index (χ2n) is 7.59. The topological polar surface area (TPSA) is 64.7 Å². The highest BCUT2D eigenvalue weighted by atomic mass is 35.5. The number of hydrogen-bond donors (Lipinski definition) is 1. The zero-order chi connectivity index (χ0) is 23.5. The van der Waals surface area contributed by atoms with Gasteiger partial charge in [0.15, 0.2) is 5.82 Å². The van der Waals surface area contributed by atoms with Crippen molar-refractivity contribution in [3.63, 3.8) is 0 Å². The summed E-state index contributed by atoms with van der Waals surface area (Å²) in [5.74, 6) is -0.423. The second kappa shape index (κ2) is 9.33. The van der Waals surface area contributed by atoms with Gasteiger partial charge in [-0.25, -0.2) is 9.07 Å². The number of para-hydroxylation sites is 1. The summed E-state index contributed by atoms with van der Waals surface area (Å²) < 4.78 is 17.3. The number of amides is 1. The third-order valence-electron chi connectivity index (χ3n) is 5.29. The summed E-state index contributed by atoms with van der Waals surface area (Å²) in [6.07, 6.45) is 3.35. The van der Waals surface area contributed by atoms with Gasteiger partial charge < -0.3 is 5.32 Å². The number of carbonyl (C=O) groups excluding carboxylic acids is 1. The number of carbonyl (C=O) groups is 1. The Morgan fingerprint density at radius 1 is 0.912 bits per heavy atom. The molecule has 168 valence electrons. The first-order valence-electron chi connectivity index (χ1n) is 10.6. The molecule has 0 spiro atoms. The number of rotatable bonds is 6. The molecule has 2 aromatic heterocycles. The van der Waals surface area contributed by atoms with Crippen LogP contribution in [0, 0.1) is 5.82 Å². The van der Waals surface area contributed by atoms with E-state index in [2.05, 4.69) is 15.5 Å². The Hall–Kier alpha value is -4.23. The highest BCUT2D eigenvalue weighted by Crippen LogP contribution is 2.25. The summed E-state index contributed by atoms with van der Waals surface area (Å²) in [6, 6.07) is 25.3. The lowest BCUT2D eigenvalue weighted by molar-refractivity contribution is 0.102. The Balaban J connectivity index is 1.42. The molecule has 0 unspecified atom stereocenters. The van der Waals surface area contributed by atoms with E-state index in [-0.39, 0.29) is 12.5 Å². The first-order valence-corrected chi connectivity index (χ1v) is 10.9. The van der Waals surface area contributed by atoms with Crippen molar-refractivity contribution in [3.8, 4) is 16.9 Å². The van der Waals surface area contributed by atoms with Gasteiger partial charge in [0, 0.05) is 34.6 Å². The first-order chi connectivity index (χ1) is 16.6. The van der Waals surface area contributed by atoms with E-state index in [9.17, 15) is 9.18 Å². The molecule has 0 aliphatic rings. The largest absolute Gasteiger partial charge is 0.305 e. The predicted molar refractivity (Wildman–Crippen MR) is 130 cm³/mol. The molecule has 0 saturated carbocycles. The van der Waals surface area contributed by atoms with Crippen LogP contribution in [0.25, 0.3) is 16.9 Å². The van der Waals surface area contributed by atoms with Gasteiger partial charge in [0.2, 0.25) is 0 Å². The van der Waals surface area contributed by atoms with Crippen LogP contribution in [-0.4, -0.2) is 25.5 Å². The Morgan fingerprint density at radius 3 is 2.38 bits per heavy atom. The molecule has 1 N–H and O–H groups in total. The molecule has 0 atom stereocenters. The van der Waals surface area contributed by atoms with E-state index in [1.807, 2.05) is 60.7 Å². The van der Waals surface area contributed by atoms with Crippen LogP contribution >= 0.6 is 11.6 Å². The van der Waals surface area contributed by atoms with Crippen LogP contribution in [0.4, 0.5) is 10.2 Å². The van der Waals surface area contributed by atoms with Crippen LogP contribution in [0.15, 0.2) is 97.3 Å². The van der Waals surface area contributed by atoms with Crippen molar-refractivity contribution < 1.29 is 9.18 Å². The van der Waals surface area contributed by atoms with E-state index < -0.39 is 5.82 Å². The number of anilines is 1. The Kier molecular flexibility index (Phi) is 5.93. The maximum Gasteiger partial charge on any atom is 0.260 e. The lowest BCUT2D eigenvalue weighted by Gasteiger charge is -2.06. The van der Waals surface area contributed by atoms with Gasteiger partial charge in [-0.2, -0.15) is 10.2 Å². The van der Waals surface area contributed by atoms with Gasteiger partial charge in [-0.3, -0.25) is 9.48 Å². The fraction of sp³-hybridized carbons (Fsp3) is 0.0385. The van der Waals surface area contributed by atoms with Gasteiger partial charge in [-0.15, -0.1) is 0 Å². The maximum atomic E-state index is 14.1. The maximum absolute atomic E-state index is 14.1. The van der Waals surface area contributed by atoms with Gasteiger partial charge in [-0.05, 0) is 24.3 Å². The molecule has 0 bridgehead atoms. The standard InChI is InChI=1S/C26H19ClFN5O/c27-22-12-7-13-23(28)20(22)16-32-15-14-24(30-32)29-26(34)21-17-33(19-10-5-2-6-11-19)31-25(21)18-8-3-1-4-9-18/h1-15,17H,16H2,(H,29,30,34). The van der Waals surface area contributed by atoms with Crippen LogP contribution < -0.4 is 5.32 Å². The molecule has 8 heteroatoms. The van der Waals surface area contributed by atoms with Crippen LogP contribution in [0.5, 0.6) is 0 Å². The molecule has 0 saturated heterocycles.